The lowest BCUT2D eigenvalue weighted by atomic mass is 9.85. The third-order valence-corrected chi connectivity index (χ3v) is 3.50. The minimum Gasteiger partial charge on any atom is -0.305 e. The van der Waals surface area contributed by atoms with Crippen LogP contribution in [-0.4, -0.2) is 37.6 Å². The van der Waals surface area contributed by atoms with Crippen molar-refractivity contribution >= 4 is 0 Å². The molecule has 0 bridgehead atoms. The first-order chi connectivity index (χ1) is 7.25. The van der Waals surface area contributed by atoms with Crippen LogP contribution in [0.3, 0.4) is 0 Å². The first-order valence-corrected chi connectivity index (χ1v) is 6.10. The molecular formula is C13H24N2. The van der Waals surface area contributed by atoms with Gasteiger partial charge in [-0.15, -0.1) is 6.42 Å². The van der Waals surface area contributed by atoms with Crippen LogP contribution in [0.5, 0.6) is 0 Å². The van der Waals surface area contributed by atoms with Gasteiger partial charge in [0, 0.05) is 19.1 Å². The van der Waals surface area contributed by atoms with Gasteiger partial charge >= 0.3 is 0 Å². The molecule has 0 spiro atoms. The molecule has 2 atom stereocenters. The van der Waals surface area contributed by atoms with Crippen molar-refractivity contribution in [2.45, 2.75) is 38.6 Å². The van der Waals surface area contributed by atoms with Gasteiger partial charge in [0.2, 0.25) is 0 Å². The van der Waals surface area contributed by atoms with Crippen molar-refractivity contribution < 1.29 is 0 Å². The van der Waals surface area contributed by atoms with E-state index in [1.54, 1.807) is 0 Å². The van der Waals surface area contributed by atoms with Crippen molar-refractivity contribution in [1.82, 2.24) is 10.2 Å². The molecule has 0 aliphatic heterocycles. The molecule has 1 aliphatic carbocycles. The molecule has 15 heavy (non-hydrogen) atoms. The first-order valence-electron chi connectivity index (χ1n) is 6.10. The summed E-state index contributed by atoms with van der Waals surface area (Å²) in [7, 11) is 2.24. The van der Waals surface area contributed by atoms with E-state index in [4.69, 9.17) is 6.42 Å². The topological polar surface area (TPSA) is 15.3 Å². The summed E-state index contributed by atoms with van der Waals surface area (Å²) in [5.41, 5.74) is 0. The van der Waals surface area contributed by atoms with Gasteiger partial charge in [0.25, 0.3) is 0 Å². The Morgan fingerprint density at radius 3 is 2.80 bits per heavy atom. The van der Waals surface area contributed by atoms with Gasteiger partial charge < -0.3 is 10.2 Å². The summed E-state index contributed by atoms with van der Waals surface area (Å²) in [6.07, 6.45) is 10.8. The molecule has 1 N–H and O–H groups in total. The zero-order chi connectivity index (χ0) is 11.1. The molecule has 0 saturated heterocycles. The molecule has 2 unspecified atom stereocenters. The highest BCUT2D eigenvalue weighted by Crippen LogP contribution is 2.26. The average Bonchev–Trinajstić information content (AvgIpc) is 2.25. The van der Waals surface area contributed by atoms with Crippen LogP contribution in [-0.2, 0) is 0 Å². The average molecular weight is 208 g/mol. The van der Waals surface area contributed by atoms with E-state index in [0.717, 1.165) is 25.0 Å². The maximum Gasteiger partial charge on any atom is 0.0574 e. The van der Waals surface area contributed by atoms with E-state index in [1.807, 2.05) is 0 Å². The second kappa shape index (κ2) is 6.87. The fourth-order valence-corrected chi connectivity index (χ4v) is 2.53. The van der Waals surface area contributed by atoms with Gasteiger partial charge in [-0.1, -0.05) is 25.7 Å². The van der Waals surface area contributed by atoms with E-state index in [1.165, 1.54) is 25.7 Å². The van der Waals surface area contributed by atoms with Gasteiger partial charge in [0.15, 0.2) is 0 Å². The van der Waals surface area contributed by atoms with Crippen molar-refractivity contribution in [3.63, 3.8) is 0 Å². The maximum atomic E-state index is 5.18. The monoisotopic (exact) mass is 208 g/mol. The quantitative estimate of drug-likeness (QED) is 0.547. The lowest BCUT2D eigenvalue weighted by Crippen LogP contribution is -2.42. The number of nitrogens with one attached hydrogen (secondary N) is 1. The third kappa shape index (κ3) is 4.24. The van der Waals surface area contributed by atoms with Gasteiger partial charge in [-0.05, 0) is 25.8 Å². The zero-order valence-corrected chi connectivity index (χ0v) is 10.1. The first kappa shape index (κ1) is 12.5. The molecule has 1 rings (SSSR count). The van der Waals surface area contributed by atoms with Crippen molar-refractivity contribution in [3.05, 3.63) is 0 Å². The molecule has 0 aromatic carbocycles. The van der Waals surface area contributed by atoms with Crippen molar-refractivity contribution in [2.24, 2.45) is 5.92 Å². The van der Waals surface area contributed by atoms with E-state index < -0.39 is 0 Å². The van der Waals surface area contributed by atoms with E-state index in [-0.39, 0.29) is 0 Å². The number of hydrogen-bond donors (Lipinski definition) is 1. The summed E-state index contributed by atoms with van der Waals surface area (Å²) in [5, 5.41) is 3.24. The number of terminal acetylenes is 1. The van der Waals surface area contributed by atoms with Crippen LogP contribution in [0.4, 0.5) is 0 Å². The summed E-state index contributed by atoms with van der Waals surface area (Å²) in [6, 6.07) is 0.784. The van der Waals surface area contributed by atoms with Gasteiger partial charge in [-0.25, -0.2) is 0 Å². The lowest BCUT2D eigenvalue weighted by Gasteiger charge is -2.36. The van der Waals surface area contributed by atoms with Crippen LogP contribution >= 0.6 is 0 Å². The Hall–Kier alpha value is -0.520. The highest BCUT2D eigenvalue weighted by Gasteiger charge is 2.24. The Balaban J connectivity index is 2.20. The molecule has 1 fully saturated rings. The van der Waals surface area contributed by atoms with Crippen LogP contribution in [0.2, 0.25) is 0 Å². The lowest BCUT2D eigenvalue weighted by molar-refractivity contribution is 0.141. The third-order valence-electron chi connectivity index (χ3n) is 3.50. The molecule has 2 nitrogen and oxygen atoms in total. The SMILES string of the molecule is C#CCNCCN(C)C1CCCCC1C. The molecule has 1 aliphatic rings. The molecular weight excluding hydrogens is 184 g/mol. The van der Waals surface area contributed by atoms with Crippen molar-refractivity contribution in [2.75, 3.05) is 26.7 Å². The summed E-state index contributed by atoms with van der Waals surface area (Å²) in [6.45, 7) is 5.18. The predicted octanol–water partition coefficient (Wildman–Crippen LogP) is 1.72. The summed E-state index contributed by atoms with van der Waals surface area (Å²) < 4.78 is 0. The van der Waals surface area contributed by atoms with E-state index in [2.05, 4.69) is 30.1 Å². The van der Waals surface area contributed by atoms with Gasteiger partial charge in [-0.2, -0.15) is 0 Å². The summed E-state index contributed by atoms with van der Waals surface area (Å²) in [5.74, 6) is 3.46. The molecule has 0 amide bonds. The van der Waals surface area contributed by atoms with Crippen molar-refractivity contribution in [1.29, 1.82) is 0 Å². The molecule has 86 valence electrons. The normalized spacial score (nSPS) is 26.5. The molecule has 0 aromatic rings. The fourth-order valence-electron chi connectivity index (χ4n) is 2.53. The van der Waals surface area contributed by atoms with E-state index in [9.17, 15) is 0 Å². The Labute approximate surface area is 94.4 Å². The molecule has 0 radical (unpaired) electrons. The molecule has 0 heterocycles. The zero-order valence-electron chi connectivity index (χ0n) is 10.1. The maximum absolute atomic E-state index is 5.18. The van der Waals surface area contributed by atoms with Gasteiger partial charge in [0.05, 0.1) is 6.54 Å². The minimum absolute atomic E-state index is 0.689. The van der Waals surface area contributed by atoms with Crippen LogP contribution in [0.15, 0.2) is 0 Å². The summed E-state index contributed by atoms with van der Waals surface area (Å²) >= 11 is 0. The Kier molecular flexibility index (Phi) is 5.75. The second-order valence-electron chi connectivity index (χ2n) is 4.69. The number of rotatable bonds is 5. The summed E-state index contributed by atoms with van der Waals surface area (Å²) in [4.78, 5) is 2.49. The minimum atomic E-state index is 0.689. The fraction of sp³-hybridized carbons (Fsp3) is 0.846. The van der Waals surface area contributed by atoms with Crippen LogP contribution in [0.25, 0.3) is 0 Å². The highest BCUT2D eigenvalue weighted by molar-refractivity contribution is 4.86. The number of likely N-dealkylation sites (N-methyl/N-ethyl adjacent to an activating group) is 1. The predicted molar refractivity (Wildman–Crippen MR) is 65.8 cm³/mol. The van der Waals surface area contributed by atoms with E-state index >= 15 is 0 Å². The Morgan fingerprint density at radius 1 is 1.40 bits per heavy atom. The van der Waals surface area contributed by atoms with Gasteiger partial charge in [0.1, 0.15) is 0 Å². The van der Waals surface area contributed by atoms with Crippen LogP contribution in [0.1, 0.15) is 32.6 Å². The highest BCUT2D eigenvalue weighted by atomic mass is 15.1. The molecule has 1 saturated carbocycles. The Bertz CT molecular complexity index is 207. The second-order valence-corrected chi connectivity index (χ2v) is 4.69. The van der Waals surface area contributed by atoms with Crippen LogP contribution in [0, 0.1) is 18.3 Å². The van der Waals surface area contributed by atoms with Crippen molar-refractivity contribution in [3.8, 4) is 12.3 Å². The standard InChI is InChI=1S/C13H24N2/c1-4-9-14-10-11-15(3)13-8-6-5-7-12(13)2/h1,12-14H,5-11H2,2-3H3. The van der Waals surface area contributed by atoms with Gasteiger partial charge in [-0.3, -0.25) is 0 Å². The largest absolute Gasteiger partial charge is 0.305 e. The number of nitrogens with zero attached hydrogens (tertiary/aromatic N) is 1. The smallest absolute Gasteiger partial charge is 0.0574 e. The molecule has 2 heteroatoms. The number of hydrogen-bond acceptors (Lipinski definition) is 2. The van der Waals surface area contributed by atoms with E-state index in [0.29, 0.717) is 6.54 Å². The Morgan fingerprint density at radius 2 is 2.13 bits per heavy atom. The van der Waals surface area contributed by atoms with Crippen LogP contribution < -0.4 is 5.32 Å². The molecule has 0 aromatic heterocycles.